The van der Waals surface area contributed by atoms with Crippen molar-refractivity contribution in [3.05, 3.63) is 11.6 Å². The van der Waals surface area contributed by atoms with Crippen LogP contribution in [0.3, 0.4) is 0 Å². The molecule has 1 aromatic heterocycles. The normalized spacial score (nSPS) is 21.8. The molecule has 5 nitrogen and oxygen atoms in total. The zero-order chi connectivity index (χ0) is 10.7. The molecule has 2 rings (SSSR count). The highest BCUT2D eigenvalue weighted by Crippen LogP contribution is 2.11. The quantitative estimate of drug-likeness (QED) is 0.771. The van der Waals surface area contributed by atoms with Gasteiger partial charge in [-0.3, -0.25) is 9.69 Å². The number of nitrogens with one attached hydrogen (secondary N) is 1. The zero-order valence-corrected chi connectivity index (χ0v) is 9.04. The van der Waals surface area contributed by atoms with Gasteiger partial charge in [0.2, 0.25) is 5.91 Å². The minimum atomic E-state index is -0.280. The van der Waals surface area contributed by atoms with Crippen molar-refractivity contribution >= 4 is 22.4 Å². The SMILES string of the molecule is O=C(CN1CC[C@H](O)C1)Nc1nccs1. The van der Waals surface area contributed by atoms with Crippen LogP contribution in [0.5, 0.6) is 0 Å². The van der Waals surface area contributed by atoms with Gasteiger partial charge in [0.25, 0.3) is 0 Å². The Morgan fingerprint density at radius 2 is 2.67 bits per heavy atom. The van der Waals surface area contributed by atoms with Crippen LogP contribution in [-0.2, 0) is 4.79 Å². The van der Waals surface area contributed by atoms with E-state index in [4.69, 9.17) is 0 Å². The first-order valence-electron chi connectivity index (χ1n) is 4.84. The highest BCUT2D eigenvalue weighted by Gasteiger charge is 2.21. The molecule has 0 radical (unpaired) electrons. The van der Waals surface area contributed by atoms with E-state index in [2.05, 4.69) is 10.3 Å². The number of thiazole rings is 1. The minimum Gasteiger partial charge on any atom is -0.392 e. The number of nitrogens with zero attached hydrogens (tertiary/aromatic N) is 2. The number of hydrogen-bond acceptors (Lipinski definition) is 5. The Morgan fingerprint density at radius 1 is 1.80 bits per heavy atom. The summed E-state index contributed by atoms with van der Waals surface area (Å²) < 4.78 is 0. The smallest absolute Gasteiger partial charge is 0.240 e. The van der Waals surface area contributed by atoms with Crippen molar-refractivity contribution in [3.63, 3.8) is 0 Å². The molecule has 15 heavy (non-hydrogen) atoms. The van der Waals surface area contributed by atoms with Crippen LogP contribution >= 0.6 is 11.3 Å². The Hall–Kier alpha value is -0.980. The molecule has 6 heteroatoms. The Morgan fingerprint density at radius 3 is 3.27 bits per heavy atom. The number of aliphatic hydroxyl groups is 1. The molecule has 1 aliphatic rings. The summed E-state index contributed by atoms with van der Waals surface area (Å²) in [6.07, 6.45) is 2.13. The van der Waals surface area contributed by atoms with E-state index in [1.807, 2.05) is 10.3 Å². The van der Waals surface area contributed by atoms with Crippen LogP contribution in [0.25, 0.3) is 0 Å². The number of carbonyl (C=O) groups excluding carboxylic acids is 1. The van der Waals surface area contributed by atoms with E-state index >= 15 is 0 Å². The average molecular weight is 227 g/mol. The van der Waals surface area contributed by atoms with Crippen molar-refractivity contribution in [3.8, 4) is 0 Å². The van der Waals surface area contributed by atoms with Gasteiger partial charge in [0.1, 0.15) is 0 Å². The van der Waals surface area contributed by atoms with Crippen molar-refractivity contribution < 1.29 is 9.90 Å². The fourth-order valence-corrected chi connectivity index (χ4v) is 2.15. The number of carbonyl (C=O) groups is 1. The standard InChI is InChI=1S/C9H13N3O2S/c13-7-1-3-12(5-7)6-8(14)11-9-10-2-4-15-9/h2,4,7,13H,1,3,5-6H2,(H,10,11,14)/t7-/m0/s1. The van der Waals surface area contributed by atoms with E-state index in [0.29, 0.717) is 18.2 Å². The summed E-state index contributed by atoms with van der Waals surface area (Å²) in [7, 11) is 0. The molecule has 2 heterocycles. The van der Waals surface area contributed by atoms with E-state index in [9.17, 15) is 9.90 Å². The first kappa shape index (κ1) is 10.5. The zero-order valence-electron chi connectivity index (χ0n) is 8.22. The maximum Gasteiger partial charge on any atom is 0.240 e. The van der Waals surface area contributed by atoms with E-state index < -0.39 is 0 Å². The summed E-state index contributed by atoms with van der Waals surface area (Å²) in [6, 6.07) is 0. The maximum absolute atomic E-state index is 11.5. The molecule has 0 aliphatic carbocycles. The number of rotatable bonds is 3. The van der Waals surface area contributed by atoms with Gasteiger partial charge >= 0.3 is 0 Å². The van der Waals surface area contributed by atoms with Gasteiger partial charge in [-0.05, 0) is 6.42 Å². The number of amides is 1. The third kappa shape index (κ3) is 2.98. The molecule has 1 amide bonds. The van der Waals surface area contributed by atoms with Crippen molar-refractivity contribution in [2.75, 3.05) is 25.0 Å². The van der Waals surface area contributed by atoms with E-state index in [0.717, 1.165) is 13.0 Å². The lowest BCUT2D eigenvalue weighted by Crippen LogP contribution is -2.32. The van der Waals surface area contributed by atoms with Crippen molar-refractivity contribution in [1.29, 1.82) is 0 Å². The van der Waals surface area contributed by atoms with E-state index in [-0.39, 0.29) is 12.0 Å². The van der Waals surface area contributed by atoms with Gasteiger partial charge in [-0.1, -0.05) is 0 Å². The number of anilines is 1. The fraction of sp³-hybridized carbons (Fsp3) is 0.556. The third-order valence-electron chi connectivity index (χ3n) is 2.29. The monoisotopic (exact) mass is 227 g/mol. The summed E-state index contributed by atoms with van der Waals surface area (Å²) in [5.74, 6) is -0.0703. The van der Waals surface area contributed by atoms with Gasteiger partial charge in [0.05, 0.1) is 12.6 Å². The number of aliphatic hydroxyl groups excluding tert-OH is 1. The average Bonchev–Trinajstić information content (AvgIpc) is 2.77. The van der Waals surface area contributed by atoms with Crippen LogP contribution < -0.4 is 5.32 Å². The Balaban J connectivity index is 1.78. The summed E-state index contributed by atoms with van der Waals surface area (Å²) in [6.45, 7) is 1.70. The molecule has 0 unspecified atom stereocenters. The van der Waals surface area contributed by atoms with Gasteiger partial charge in [0, 0.05) is 24.7 Å². The lowest BCUT2D eigenvalue weighted by molar-refractivity contribution is -0.117. The lowest BCUT2D eigenvalue weighted by atomic mass is 10.3. The van der Waals surface area contributed by atoms with Crippen LogP contribution in [0.1, 0.15) is 6.42 Å². The molecule has 1 atom stereocenters. The number of aromatic nitrogens is 1. The first-order chi connectivity index (χ1) is 7.24. The van der Waals surface area contributed by atoms with Gasteiger partial charge in [-0.2, -0.15) is 0 Å². The van der Waals surface area contributed by atoms with Crippen molar-refractivity contribution in [2.45, 2.75) is 12.5 Å². The van der Waals surface area contributed by atoms with E-state index in [1.54, 1.807) is 6.20 Å². The summed E-state index contributed by atoms with van der Waals surface area (Å²) in [5, 5.41) is 14.4. The largest absolute Gasteiger partial charge is 0.392 e. The Labute approximate surface area is 91.7 Å². The number of β-amino-alcohol motifs (C(OH)–C–C–N with tert-alkyl or cyclic N) is 1. The fourth-order valence-electron chi connectivity index (χ4n) is 1.60. The van der Waals surface area contributed by atoms with Crippen LogP contribution in [0.4, 0.5) is 5.13 Å². The number of hydrogen-bond donors (Lipinski definition) is 2. The molecule has 1 fully saturated rings. The molecule has 1 saturated heterocycles. The predicted octanol–water partition coefficient (Wildman–Crippen LogP) is 0.148. The molecule has 82 valence electrons. The molecular formula is C9H13N3O2S. The minimum absolute atomic E-state index is 0.0703. The topological polar surface area (TPSA) is 65.5 Å². The van der Waals surface area contributed by atoms with Gasteiger partial charge in [0.15, 0.2) is 5.13 Å². The second kappa shape index (κ2) is 4.69. The first-order valence-corrected chi connectivity index (χ1v) is 5.72. The molecule has 0 aromatic carbocycles. The third-order valence-corrected chi connectivity index (χ3v) is 2.98. The molecular weight excluding hydrogens is 214 g/mol. The van der Waals surface area contributed by atoms with Crippen LogP contribution in [-0.4, -0.2) is 46.6 Å². The van der Waals surface area contributed by atoms with Crippen LogP contribution in [0.15, 0.2) is 11.6 Å². The molecule has 0 saturated carbocycles. The lowest BCUT2D eigenvalue weighted by Gasteiger charge is -2.13. The predicted molar refractivity (Wildman–Crippen MR) is 57.8 cm³/mol. The molecule has 0 bridgehead atoms. The molecule has 1 aromatic rings. The summed E-state index contributed by atoms with van der Waals surface area (Å²) in [5.41, 5.74) is 0. The Kier molecular flexibility index (Phi) is 3.30. The molecule has 0 spiro atoms. The molecule has 1 aliphatic heterocycles. The maximum atomic E-state index is 11.5. The van der Waals surface area contributed by atoms with Crippen molar-refractivity contribution in [2.24, 2.45) is 0 Å². The van der Waals surface area contributed by atoms with E-state index in [1.165, 1.54) is 11.3 Å². The van der Waals surface area contributed by atoms with Crippen LogP contribution in [0.2, 0.25) is 0 Å². The van der Waals surface area contributed by atoms with Crippen LogP contribution in [0, 0.1) is 0 Å². The molecule has 2 N–H and O–H groups in total. The highest BCUT2D eigenvalue weighted by molar-refractivity contribution is 7.13. The second-order valence-corrected chi connectivity index (χ2v) is 4.46. The Bertz CT molecular complexity index is 328. The number of likely N-dealkylation sites (tertiary alicyclic amines) is 1. The second-order valence-electron chi connectivity index (χ2n) is 3.56. The highest BCUT2D eigenvalue weighted by atomic mass is 32.1. The van der Waals surface area contributed by atoms with Gasteiger partial charge in [-0.25, -0.2) is 4.98 Å². The summed E-state index contributed by atoms with van der Waals surface area (Å²) in [4.78, 5) is 17.4. The van der Waals surface area contributed by atoms with Gasteiger partial charge < -0.3 is 10.4 Å². The van der Waals surface area contributed by atoms with Crippen molar-refractivity contribution in [1.82, 2.24) is 9.88 Å². The summed E-state index contributed by atoms with van der Waals surface area (Å²) >= 11 is 1.40. The van der Waals surface area contributed by atoms with Gasteiger partial charge in [-0.15, -0.1) is 11.3 Å².